The van der Waals surface area contributed by atoms with Crippen molar-refractivity contribution in [1.29, 1.82) is 0 Å². The minimum atomic E-state index is -0.298. The molecular weight excluding hydrogens is 343 g/mol. The van der Waals surface area contributed by atoms with Crippen LogP contribution in [-0.4, -0.2) is 10.5 Å². The summed E-state index contributed by atoms with van der Waals surface area (Å²) < 4.78 is 20.8. The molecule has 5 heteroatoms. The van der Waals surface area contributed by atoms with Crippen LogP contribution in [0.25, 0.3) is 11.1 Å². The lowest BCUT2D eigenvalue weighted by molar-refractivity contribution is 0.0942. The molecule has 0 aliphatic heterocycles. The average molecular weight is 362 g/mol. The zero-order valence-electron chi connectivity index (χ0n) is 14.9. The van der Waals surface area contributed by atoms with E-state index in [4.69, 9.17) is 4.42 Å². The highest BCUT2D eigenvalue weighted by atomic mass is 19.1. The molecule has 2 aromatic heterocycles. The fraction of sp³-hybridized carbons (Fsp3) is 0.136. The molecule has 0 radical (unpaired) electrons. The van der Waals surface area contributed by atoms with Crippen molar-refractivity contribution in [1.82, 2.24) is 9.88 Å². The lowest BCUT2D eigenvalue weighted by Gasteiger charge is -2.11. The molecule has 0 unspecified atom stereocenters. The standard InChI is InChI=1S/C22H19FN2O2/c1-15-5-7-16(8-6-15)13-24-22(26)20-12-21-19(9-10-27-21)25(20)14-17-3-2-4-18(23)11-17/h2-12H,13-14H2,1H3,(H,24,26). The summed E-state index contributed by atoms with van der Waals surface area (Å²) in [5, 5.41) is 2.95. The van der Waals surface area contributed by atoms with Gasteiger partial charge in [0.15, 0.2) is 5.58 Å². The largest absolute Gasteiger partial charge is 0.463 e. The molecular formula is C22H19FN2O2. The Hall–Kier alpha value is -3.34. The van der Waals surface area contributed by atoms with Crippen LogP contribution in [-0.2, 0) is 13.1 Å². The van der Waals surface area contributed by atoms with Crippen LogP contribution in [0.1, 0.15) is 27.2 Å². The minimum Gasteiger partial charge on any atom is -0.463 e. The van der Waals surface area contributed by atoms with E-state index in [1.54, 1.807) is 18.4 Å². The van der Waals surface area contributed by atoms with E-state index in [9.17, 15) is 9.18 Å². The zero-order chi connectivity index (χ0) is 18.8. The summed E-state index contributed by atoms with van der Waals surface area (Å²) in [6, 6.07) is 17.9. The van der Waals surface area contributed by atoms with Gasteiger partial charge in [-0.05, 0) is 30.2 Å². The highest BCUT2D eigenvalue weighted by Crippen LogP contribution is 2.23. The molecule has 0 fully saturated rings. The second kappa shape index (κ2) is 7.11. The molecule has 0 atom stereocenters. The average Bonchev–Trinajstić information content (AvgIpc) is 3.24. The Morgan fingerprint density at radius 2 is 1.89 bits per heavy atom. The Kier molecular flexibility index (Phi) is 4.50. The van der Waals surface area contributed by atoms with Crippen LogP contribution in [0.3, 0.4) is 0 Å². The number of rotatable bonds is 5. The molecule has 2 aromatic carbocycles. The van der Waals surface area contributed by atoms with Crippen molar-refractivity contribution >= 4 is 17.0 Å². The van der Waals surface area contributed by atoms with Gasteiger partial charge in [0.25, 0.3) is 5.91 Å². The minimum absolute atomic E-state index is 0.196. The Labute approximate surface area is 156 Å². The molecule has 4 rings (SSSR count). The molecule has 0 aliphatic carbocycles. The maximum atomic E-state index is 13.5. The SMILES string of the molecule is Cc1ccc(CNC(=O)c2cc3occc3n2Cc2cccc(F)c2)cc1. The summed E-state index contributed by atoms with van der Waals surface area (Å²) in [7, 11) is 0. The molecule has 4 aromatic rings. The van der Waals surface area contributed by atoms with Crippen LogP contribution in [0, 0.1) is 12.7 Å². The van der Waals surface area contributed by atoms with E-state index < -0.39 is 0 Å². The first kappa shape index (κ1) is 17.1. The summed E-state index contributed by atoms with van der Waals surface area (Å²) in [6.07, 6.45) is 1.58. The molecule has 0 aliphatic rings. The highest BCUT2D eigenvalue weighted by molar-refractivity contribution is 5.97. The number of nitrogens with one attached hydrogen (secondary N) is 1. The van der Waals surface area contributed by atoms with Gasteiger partial charge in [0, 0.05) is 25.2 Å². The van der Waals surface area contributed by atoms with Gasteiger partial charge in [-0.1, -0.05) is 42.0 Å². The molecule has 0 saturated heterocycles. The molecule has 4 nitrogen and oxygen atoms in total. The molecule has 1 N–H and O–H groups in total. The van der Waals surface area contributed by atoms with Crippen LogP contribution < -0.4 is 5.32 Å². The molecule has 136 valence electrons. The number of nitrogens with zero attached hydrogens (tertiary/aromatic N) is 1. The van der Waals surface area contributed by atoms with Crippen molar-refractivity contribution in [3.63, 3.8) is 0 Å². The number of benzene rings is 2. The number of hydrogen-bond acceptors (Lipinski definition) is 2. The smallest absolute Gasteiger partial charge is 0.268 e. The zero-order valence-corrected chi connectivity index (χ0v) is 14.9. The number of aryl methyl sites for hydroxylation is 1. The van der Waals surface area contributed by atoms with Crippen LogP contribution in [0.2, 0.25) is 0 Å². The molecule has 0 saturated carbocycles. The van der Waals surface area contributed by atoms with Gasteiger partial charge < -0.3 is 14.3 Å². The number of hydrogen-bond donors (Lipinski definition) is 1. The number of carbonyl (C=O) groups excluding carboxylic acids is 1. The summed E-state index contributed by atoms with van der Waals surface area (Å²) in [5.74, 6) is -0.494. The van der Waals surface area contributed by atoms with Gasteiger partial charge in [0.2, 0.25) is 0 Å². The lowest BCUT2D eigenvalue weighted by atomic mass is 10.1. The van der Waals surface area contributed by atoms with Crippen molar-refractivity contribution in [2.45, 2.75) is 20.0 Å². The molecule has 27 heavy (non-hydrogen) atoms. The summed E-state index contributed by atoms with van der Waals surface area (Å²) in [6.45, 7) is 2.84. The topological polar surface area (TPSA) is 47.2 Å². The van der Waals surface area contributed by atoms with E-state index in [2.05, 4.69) is 5.32 Å². The summed E-state index contributed by atoms with van der Waals surface area (Å²) in [4.78, 5) is 12.8. The highest BCUT2D eigenvalue weighted by Gasteiger charge is 2.17. The molecule has 1 amide bonds. The quantitative estimate of drug-likeness (QED) is 0.561. The van der Waals surface area contributed by atoms with Crippen molar-refractivity contribution < 1.29 is 13.6 Å². The van der Waals surface area contributed by atoms with Crippen LogP contribution >= 0.6 is 0 Å². The van der Waals surface area contributed by atoms with Crippen LogP contribution in [0.5, 0.6) is 0 Å². The number of aromatic nitrogens is 1. The third-order valence-corrected chi connectivity index (χ3v) is 4.56. The van der Waals surface area contributed by atoms with Gasteiger partial charge in [-0.15, -0.1) is 0 Å². The van der Waals surface area contributed by atoms with Gasteiger partial charge in [-0.25, -0.2) is 4.39 Å². The summed E-state index contributed by atoms with van der Waals surface area (Å²) in [5.41, 5.74) is 4.91. The Bertz CT molecular complexity index is 1090. The third-order valence-electron chi connectivity index (χ3n) is 4.56. The first-order valence-corrected chi connectivity index (χ1v) is 8.75. The maximum Gasteiger partial charge on any atom is 0.268 e. The number of halogens is 1. The third kappa shape index (κ3) is 3.62. The summed E-state index contributed by atoms with van der Waals surface area (Å²) >= 11 is 0. The normalized spacial score (nSPS) is 11.0. The van der Waals surface area contributed by atoms with Crippen molar-refractivity contribution in [3.05, 3.63) is 95.1 Å². The van der Waals surface area contributed by atoms with E-state index in [1.165, 1.54) is 17.7 Å². The van der Waals surface area contributed by atoms with E-state index >= 15 is 0 Å². The predicted octanol–water partition coefficient (Wildman–Crippen LogP) is 4.66. The number of fused-ring (bicyclic) bond motifs is 1. The van der Waals surface area contributed by atoms with Gasteiger partial charge in [-0.3, -0.25) is 4.79 Å². The number of carbonyl (C=O) groups is 1. The first-order chi connectivity index (χ1) is 13.1. The fourth-order valence-corrected chi connectivity index (χ4v) is 3.13. The van der Waals surface area contributed by atoms with E-state index in [0.717, 1.165) is 16.6 Å². The van der Waals surface area contributed by atoms with Crippen molar-refractivity contribution in [3.8, 4) is 0 Å². The second-order valence-corrected chi connectivity index (χ2v) is 6.58. The first-order valence-electron chi connectivity index (χ1n) is 8.75. The predicted molar refractivity (Wildman–Crippen MR) is 102 cm³/mol. The second-order valence-electron chi connectivity index (χ2n) is 6.58. The monoisotopic (exact) mass is 362 g/mol. The molecule has 2 heterocycles. The van der Waals surface area contributed by atoms with E-state index in [1.807, 2.05) is 47.9 Å². The van der Waals surface area contributed by atoms with Crippen LogP contribution in [0.4, 0.5) is 4.39 Å². The van der Waals surface area contributed by atoms with Gasteiger partial charge in [-0.2, -0.15) is 0 Å². The Morgan fingerprint density at radius 1 is 1.07 bits per heavy atom. The van der Waals surface area contributed by atoms with E-state index in [-0.39, 0.29) is 11.7 Å². The molecule has 0 bridgehead atoms. The van der Waals surface area contributed by atoms with Gasteiger partial charge >= 0.3 is 0 Å². The number of amides is 1. The van der Waals surface area contributed by atoms with Crippen molar-refractivity contribution in [2.75, 3.05) is 0 Å². The van der Waals surface area contributed by atoms with Crippen LogP contribution in [0.15, 0.2) is 71.3 Å². The fourth-order valence-electron chi connectivity index (χ4n) is 3.13. The lowest BCUT2D eigenvalue weighted by Crippen LogP contribution is -2.25. The maximum absolute atomic E-state index is 13.5. The Morgan fingerprint density at radius 3 is 2.67 bits per heavy atom. The van der Waals surface area contributed by atoms with Gasteiger partial charge in [0.05, 0.1) is 11.8 Å². The van der Waals surface area contributed by atoms with E-state index in [0.29, 0.717) is 24.4 Å². The van der Waals surface area contributed by atoms with Crippen molar-refractivity contribution in [2.24, 2.45) is 0 Å². The Balaban J connectivity index is 1.59. The molecule has 0 spiro atoms. The number of furan rings is 1. The van der Waals surface area contributed by atoms with Gasteiger partial charge in [0.1, 0.15) is 11.5 Å².